The molecule has 1 N–H and O–H groups in total. The number of rotatable bonds is 6. The Labute approximate surface area is 140 Å². The number of halogens is 1. The number of carbonyl (C=O) groups is 1. The van der Waals surface area contributed by atoms with Crippen LogP contribution >= 0.6 is 11.6 Å². The Kier molecular flexibility index (Phi) is 5.71. The number of benzene rings is 2. The van der Waals surface area contributed by atoms with E-state index in [1.54, 1.807) is 38.3 Å². The molecule has 0 aliphatic heterocycles. The van der Waals surface area contributed by atoms with Crippen molar-refractivity contribution in [1.29, 1.82) is 0 Å². The number of anilines is 2. The first kappa shape index (κ1) is 17.0. The van der Waals surface area contributed by atoms with E-state index in [9.17, 15) is 4.79 Å². The van der Waals surface area contributed by atoms with Crippen LogP contribution in [0.25, 0.3) is 0 Å². The van der Waals surface area contributed by atoms with E-state index >= 15 is 0 Å². The highest BCUT2D eigenvalue weighted by Gasteiger charge is 2.13. The zero-order valence-corrected chi connectivity index (χ0v) is 14.1. The molecule has 0 aromatic heterocycles. The number of hydrogen-bond acceptors (Lipinski definition) is 4. The maximum absolute atomic E-state index is 12.3. The monoisotopic (exact) mass is 334 g/mol. The van der Waals surface area contributed by atoms with E-state index in [2.05, 4.69) is 5.32 Å². The van der Waals surface area contributed by atoms with Gasteiger partial charge in [0.2, 0.25) is 5.91 Å². The van der Waals surface area contributed by atoms with Crippen LogP contribution in [0.2, 0.25) is 5.02 Å². The minimum atomic E-state index is -0.0814. The van der Waals surface area contributed by atoms with E-state index in [0.29, 0.717) is 22.2 Å². The topological polar surface area (TPSA) is 50.8 Å². The second-order valence-corrected chi connectivity index (χ2v) is 5.24. The fourth-order valence-corrected chi connectivity index (χ4v) is 2.30. The minimum absolute atomic E-state index is 0.0814. The Morgan fingerprint density at radius 3 is 2.35 bits per heavy atom. The normalized spacial score (nSPS) is 10.1. The molecule has 0 aliphatic carbocycles. The van der Waals surface area contributed by atoms with Crippen LogP contribution in [0.5, 0.6) is 11.5 Å². The van der Waals surface area contributed by atoms with Gasteiger partial charge in [-0.3, -0.25) is 4.79 Å². The molecule has 23 heavy (non-hydrogen) atoms. The highest BCUT2D eigenvalue weighted by Crippen LogP contribution is 2.35. The van der Waals surface area contributed by atoms with Crippen LogP contribution in [0.3, 0.4) is 0 Å². The second kappa shape index (κ2) is 7.74. The lowest BCUT2D eigenvalue weighted by Gasteiger charge is -2.18. The van der Waals surface area contributed by atoms with Crippen molar-refractivity contribution < 1.29 is 14.3 Å². The van der Waals surface area contributed by atoms with Gasteiger partial charge in [0.25, 0.3) is 0 Å². The molecule has 0 spiro atoms. The first-order valence-electron chi connectivity index (χ1n) is 7.03. The van der Waals surface area contributed by atoms with Gasteiger partial charge in [0.15, 0.2) is 11.5 Å². The molecule has 0 bridgehead atoms. The number of carbonyl (C=O) groups excluding carboxylic acids is 1. The van der Waals surface area contributed by atoms with E-state index < -0.39 is 0 Å². The van der Waals surface area contributed by atoms with E-state index in [-0.39, 0.29) is 12.5 Å². The summed E-state index contributed by atoms with van der Waals surface area (Å²) >= 11 is 6.19. The van der Waals surface area contributed by atoms with Crippen molar-refractivity contribution in [2.75, 3.05) is 38.0 Å². The Morgan fingerprint density at radius 2 is 1.74 bits per heavy atom. The molecule has 1 amide bonds. The molecule has 2 rings (SSSR count). The SMILES string of the molecule is COc1cc(Cl)c(NCC(=O)N(C)c2ccccc2)cc1OC. The van der Waals surface area contributed by atoms with Crippen molar-refractivity contribution in [3.63, 3.8) is 0 Å². The highest BCUT2D eigenvalue weighted by atomic mass is 35.5. The second-order valence-electron chi connectivity index (χ2n) is 4.83. The molecular weight excluding hydrogens is 316 g/mol. The number of nitrogens with zero attached hydrogens (tertiary/aromatic N) is 1. The number of amides is 1. The molecule has 2 aromatic rings. The lowest BCUT2D eigenvalue weighted by atomic mass is 10.2. The zero-order chi connectivity index (χ0) is 16.8. The highest BCUT2D eigenvalue weighted by molar-refractivity contribution is 6.33. The van der Waals surface area contributed by atoms with Gasteiger partial charge in [0.1, 0.15) is 0 Å². The lowest BCUT2D eigenvalue weighted by molar-refractivity contribution is -0.116. The Bertz CT molecular complexity index is 677. The van der Waals surface area contributed by atoms with Gasteiger partial charge in [0.05, 0.1) is 31.5 Å². The molecule has 0 fully saturated rings. The largest absolute Gasteiger partial charge is 0.493 e. The summed E-state index contributed by atoms with van der Waals surface area (Å²) in [5.74, 6) is 1.00. The van der Waals surface area contributed by atoms with E-state index in [1.165, 1.54) is 0 Å². The molecule has 0 heterocycles. The minimum Gasteiger partial charge on any atom is -0.493 e. The van der Waals surface area contributed by atoms with Gasteiger partial charge < -0.3 is 19.7 Å². The first-order chi connectivity index (χ1) is 11.1. The van der Waals surface area contributed by atoms with Gasteiger partial charge in [-0.2, -0.15) is 0 Å². The molecule has 5 nitrogen and oxygen atoms in total. The van der Waals surface area contributed by atoms with E-state index in [1.807, 2.05) is 30.3 Å². The van der Waals surface area contributed by atoms with Crippen LogP contribution in [-0.2, 0) is 4.79 Å². The van der Waals surface area contributed by atoms with Gasteiger partial charge in [-0.25, -0.2) is 0 Å². The summed E-state index contributed by atoms with van der Waals surface area (Å²) in [7, 11) is 4.82. The lowest BCUT2D eigenvalue weighted by Crippen LogP contribution is -2.32. The zero-order valence-electron chi connectivity index (χ0n) is 13.3. The summed E-state index contributed by atoms with van der Waals surface area (Å²) in [5.41, 5.74) is 1.44. The smallest absolute Gasteiger partial charge is 0.246 e. The average molecular weight is 335 g/mol. The molecule has 122 valence electrons. The molecule has 0 atom stereocenters. The Morgan fingerprint density at radius 1 is 1.13 bits per heavy atom. The van der Waals surface area contributed by atoms with Gasteiger partial charge in [-0.05, 0) is 12.1 Å². The maximum Gasteiger partial charge on any atom is 0.246 e. The van der Waals surface area contributed by atoms with Gasteiger partial charge in [-0.1, -0.05) is 29.8 Å². The van der Waals surface area contributed by atoms with Crippen LogP contribution in [-0.4, -0.2) is 33.7 Å². The average Bonchev–Trinajstić information content (AvgIpc) is 2.60. The van der Waals surface area contributed by atoms with E-state index in [4.69, 9.17) is 21.1 Å². The predicted molar refractivity (Wildman–Crippen MR) is 92.9 cm³/mol. The number of para-hydroxylation sites is 1. The van der Waals surface area contributed by atoms with Crippen LogP contribution in [0.15, 0.2) is 42.5 Å². The molecule has 0 radical (unpaired) electrons. The Balaban J connectivity index is 2.07. The molecule has 0 saturated heterocycles. The number of hydrogen-bond donors (Lipinski definition) is 1. The third-order valence-corrected chi connectivity index (χ3v) is 3.73. The summed E-state index contributed by atoms with van der Waals surface area (Å²) in [6, 6.07) is 12.8. The van der Waals surface area contributed by atoms with Gasteiger partial charge >= 0.3 is 0 Å². The van der Waals surface area contributed by atoms with Crippen molar-refractivity contribution in [3.8, 4) is 11.5 Å². The quantitative estimate of drug-likeness (QED) is 0.879. The van der Waals surface area contributed by atoms with Crippen LogP contribution in [0.4, 0.5) is 11.4 Å². The van der Waals surface area contributed by atoms with Crippen molar-refractivity contribution in [2.24, 2.45) is 0 Å². The van der Waals surface area contributed by atoms with Crippen LogP contribution in [0.1, 0.15) is 0 Å². The third kappa shape index (κ3) is 4.07. The predicted octanol–water partition coefficient (Wildman–Crippen LogP) is 3.43. The maximum atomic E-state index is 12.3. The van der Waals surface area contributed by atoms with E-state index in [0.717, 1.165) is 5.69 Å². The standard InChI is InChI=1S/C17H19ClN2O3/c1-20(12-7-5-4-6-8-12)17(21)11-19-14-10-16(23-3)15(22-2)9-13(14)18/h4-10,19H,11H2,1-3H3. The molecule has 0 aliphatic rings. The number of nitrogens with one attached hydrogen (secondary N) is 1. The van der Waals surface area contributed by atoms with Gasteiger partial charge in [0, 0.05) is 24.9 Å². The number of likely N-dealkylation sites (N-methyl/N-ethyl adjacent to an activating group) is 1. The number of ether oxygens (including phenoxy) is 2. The molecule has 0 unspecified atom stereocenters. The van der Waals surface area contributed by atoms with Crippen LogP contribution < -0.4 is 19.7 Å². The van der Waals surface area contributed by atoms with Crippen molar-refractivity contribution in [1.82, 2.24) is 0 Å². The fourth-order valence-electron chi connectivity index (χ4n) is 2.07. The van der Waals surface area contributed by atoms with Crippen molar-refractivity contribution in [3.05, 3.63) is 47.5 Å². The van der Waals surface area contributed by atoms with Crippen molar-refractivity contribution >= 4 is 28.9 Å². The fraction of sp³-hybridized carbons (Fsp3) is 0.235. The number of methoxy groups -OCH3 is 2. The summed E-state index contributed by atoms with van der Waals surface area (Å²) in [6.07, 6.45) is 0. The first-order valence-corrected chi connectivity index (χ1v) is 7.41. The summed E-state index contributed by atoms with van der Waals surface area (Å²) in [5, 5.41) is 3.49. The van der Waals surface area contributed by atoms with Crippen molar-refractivity contribution in [2.45, 2.75) is 0 Å². The summed E-state index contributed by atoms with van der Waals surface area (Å²) in [4.78, 5) is 13.9. The molecule has 0 saturated carbocycles. The molecule has 2 aromatic carbocycles. The molecular formula is C17H19ClN2O3. The Hall–Kier alpha value is -2.40. The van der Waals surface area contributed by atoms with Gasteiger partial charge in [-0.15, -0.1) is 0 Å². The summed E-state index contributed by atoms with van der Waals surface area (Å²) < 4.78 is 10.4. The molecule has 6 heteroatoms. The van der Waals surface area contributed by atoms with Crippen LogP contribution in [0, 0.1) is 0 Å². The summed E-state index contributed by atoms with van der Waals surface area (Å²) in [6.45, 7) is 0.112. The third-order valence-electron chi connectivity index (χ3n) is 3.42.